The van der Waals surface area contributed by atoms with E-state index in [1.807, 2.05) is 18.2 Å². The summed E-state index contributed by atoms with van der Waals surface area (Å²) in [5, 5.41) is 0.473. The zero-order chi connectivity index (χ0) is 13.7. The number of ketones is 1. The van der Waals surface area contributed by atoms with E-state index in [1.54, 1.807) is 18.2 Å². The number of hydrogen-bond donors (Lipinski definition) is 0. The average Bonchev–Trinajstić information content (AvgIpc) is 2.41. The Labute approximate surface area is 118 Å². The van der Waals surface area contributed by atoms with E-state index in [1.165, 1.54) is 12.5 Å². The van der Waals surface area contributed by atoms with Crippen LogP contribution in [0.2, 0.25) is 5.02 Å². The Bertz CT molecular complexity index is 564. The fraction of sp³-hybridized carbons (Fsp3) is 0.188. The molecule has 0 heterocycles. The molecule has 0 amide bonds. The van der Waals surface area contributed by atoms with Gasteiger partial charge in [-0.05, 0) is 30.7 Å². The Balaban J connectivity index is 1.95. The van der Waals surface area contributed by atoms with Crippen LogP contribution < -0.4 is 4.74 Å². The van der Waals surface area contributed by atoms with Crippen LogP contribution in [0, 0.1) is 0 Å². The van der Waals surface area contributed by atoms with Crippen LogP contribution in [0.15, 0.2) is 48.5 Å². The second-order valence-electron chi connectivity index (χ2n) is 4.29. The summed E-state index contributed by atoms with van der Waals surface area (Å²) in [5.41, 5.74) is 1.82. The Kier molecular flexibility index (Phi) is 4.58. The highest BCUT2D eigenvalue weighted by molar-refractivity contribution is 6.32. The van der Waals surface area contributed by atoms with Crippen LogP contribution >= 0.6 is 11.6 Å². The topological polar surface area (TPSA) is 26.3 Å². The fourth-order valence-corrected chi connectivity index (χ4v) is 2.00. The SMILES string of the molecule is CC(=O)c1ccc(OCCc2ccccc2)c(Cl)c1. The monoisotopic (exact) mass is 274 g/mol. The molecule has 19 heavy (non-hydrogen) atoms. The Morgan fingerprint density at radius 1 is 1.16 bits per heavy atom. The van der Waals surface area contributed by atoms with E-state index in [9.17, 15) is 4.79 Å². The van der Waals surface area contributed by atoms with Crippen molar-refractivity contribution in [3.05, 3.63) is 64.7 Å². The Hall–Kier alpha value is -1.80. The van der Waals surface area contributed by atoms with Crippen molar-refractivity contribution in [1.82, 2.24) is 0 Å². The third-order valence-electron chi connectivity index (χ3n) is 2.83. The molecule has 0 unspecified atom stereocenters. The zero-order valence-electron chi connectivity index (χ0n) is 10.7. The molecule has 0 aliphatic rings. The van der Waals surface area contributed by atoms with Gasteiger partial charge in [0.15, 0.2) is 5.78 Å². The molecule has 3 heteroatoms. The summed E-state index contributed by atoms with van der Waals surface area (Å²) in [6, 6.07) is 15.2. The van der Waals surface area contributed by atoms with Crippen LogP contribution in [0.5, 0.6) is 5.75 Å². The molecule has 0 radical (unpaired) electrons. The lowest BCUT2D eigenvalue weighted by atomic mass is 10.1. The van der Waals surface area contributed by atoms with E-state index in [2.05, 4.69) is 12.1 Å². The van der Waals surface area contributed by atoms with Crippen LogP contribution in [0.4, 0.5) is 0 Å². The van der Waals surface area contributed by atoms with E-state index in [-0.39, 0.29) is 5.78 Å². The van der Waals surface area contributed by atoms with Crippen LogP contribution in [-0.2, 0) is 6.42 Å². The molecule has 0 aliphatic carbocycles. The lowest BCUT2D eigenvalue weighted by Gasteiger charge is -2.08. The third kappa shape index (κ3) is 3.83. The Morgan fingerprint density at radius 3 is 2.53 bits per heavy atom. The molecule has 2 nitrogen and oxygen atoms in total. The Morgan fingerprint density at radius 2 is 1.89 bits per heavy atom. The van der Waals surface area contributed by atoms with Crippen LogP contribution in [0.1, 0.15) is 22.8 Å². The number of hydrogen-bond acceptors (Lipinski definition) is 2. The first kappa shape index (κ1) is 13.6. The summed E-state index contributed by atoms with van der Waals surface area (Å²) in [6.07, 6.45) is 0.825. The normalized spacial score (nSPS) is 10.2. The number of benzene rings is 2. The van der Waals surface area contributed by atoms with Crippen LogP contribution in [0.3, 0.4) is 0 Å². The van der Waals surface area contributed by atoms with E-state index in [0.717, 1.165) is 6.42 Å². The maximum Gasteiger partial charge on any atom is 0.159 e. The molecule has 0 aromatic heterocycles. The van der Waals surface area contributed by atoms with Gasteiger partial charge in [0.05, 0.1) is 11.6 Å². The standard InChI is InChI=1S/C16H15ClO2/c1-12(18)14-7-8-16(15(17)11-14)19-10-9-13-5-3-2-4-6-13/h2-8,11H,9-10H2,1H3. The van der Waals surface area contributed by atoms with Gasteiger partial charge in [0.2, 0.25) is 0 Å². The molecule has 0 fully saturated rings. The molecule has 0 saturated heterocycles. The van der Waals surface area contributed by atoms with Gasteiger partial charge in [0, 0.05) is 12.0 Å². The molecule has 0 aliphatic heterocycles. The minimum absolute atomic E-state index is 0.00210. The van der Waals surface area contributed by atoms with Crippen molar-refractivity contribution < 1.29 is 9.53 Å². The van der Waals surface area contributed by atoms with Gasteiger partial charge in [-0.1, -0.05) is 41.9 Å². The fourth-order valence-electron chi connectivity index (χ4n) is 1.76. The summed E-state index contributed by atoms with van der Waals surface area (Å²) < 4.78 is 5.63. The van der Waals surface area contributed by atoms with E-state index in [4.69, 9.17) is 16.3 Å². The number of carbonyl (C=O) groups is 1. The maximum absolute atomic E-state index is 11.2. The summed E-state index contributed by atoms with van der Waals surface area (Å²) >= 11 is 6.08. The van der Waals surface area contributed by atoms with Gasteiger partial charge < -0.3 is 4.74 Å². The lowest BCUT2D eigenvalue weighted by molar-refractivity contribution is 0.101. The van der Waals surface area contributed by atoms with Crippen molar-refractivity contribution >= 4 is 17.4 Å². The third-order valence-corrected chi connectivity index (χ3v) is 3.12. The van der Waals surface area contributed by atoms with E-state index < -0.39 is 0 Å². The molecule has 0 N–H and O–H groups in total. The summed E-state index contributed by atoms with van der Waals surface area (Å²) in [6.45, 7) is 2.07. The van der Waals surface area contributed by atoms with Crippen molar-refractivity contribution in [2.24, 2.45) is 0 Å². The van der Waals surface area contributed by atoms with Crippen LogP contribution in [0.25, 0.3) is 0 Å². The van der Waals surface area contributed by atoms with Gasteiger partial charge in [-0.15, -0.1) is 0 Å². The number of halogens is 1. The second kappa shape index (κ2) is 6.39. The summed E-state index contributed by atoms with van der Waals surface area (Å²) in [7, 11) is 0. The second-order valence-corrected chi connectivity index (χ2v) is 4.69. The molecular weight excluding hydrogens is 260 g/mol. The highest BCUT2D eigenvalue weighted by Crippen LogP contribution is 2.25. The smallest absolute Gasteiger partial charge is 0.159 e. The first-order chi connectivity index (χ1) is 9.16. The minimum Gasteiger partial charge on any atom is -0.492 e. The van der Waals surface area contributed by atoms with Gasteiger partial charge in [-0.3, -0.25) is 4.79 Å². The predicted molar refractivity (Wildman–Crippen MR) is 77.1 cm³/mol. The molecule has 0 saturated carbocycles. The van der Waals surface area contributed by atoms with Crippen LogP contribution in [-0.4, -0.2) is 12.4 Å². The molecule has 2 aromatic rings. The molecule has 98 valence electrons. The first-order valence-corrected chi connectivity index (χ1v) is 6.52. The van der Waals surface area contributed by atoms with Crippen molar-refractivity contribution in [3.8, 4) is 5.75 Å². The largest absolute Gasteiger partial charge is 0.492 e. The van der Waals surface area contributed by atoms with E-state index >= 15 is 0 Å². The van der Waals surface area contributed by atoms with Crippen molar-refractivity contribution in [2.45, 2.75) is 13.3 Å². The molecule has 0 bridgehead atoms. The van der Waals surface area contributed by atoms with Crippen molar-refractivity contribution in [3.63, 3.8) is 0 Å². The lowest BCUT2D eigenvalue weighted by Crippen LogP contribution is -2.02. The average molecular weight is 275 g/mol. The number of ether oxygens (including phenoxy) is 1. The molecule has 0 spiro atoms. The first-order valence-electron chi connectivity index (χ1n) is 6.14. The quantitative estimate of drug-likeness (QED) is 0.765. The predicted octanol–water partition coefficient (Wildman–Crippen LogP) is 4.16. The van der Waals surface area contributed by atoms with Gasteiger partial charge in [-0.2, -0.15) is 0 Å². The highest BCUT2D eigenvalue weighted by Gasteiger charge is 2.05. The molecule has 2 aromatic carbocycles. The van der Waals surface area contributed by atoms with Crippen molar-refractivity contribution in [1.29, 1.82) is 0 Å². The van der Waals surface area contributed by atoms with Crippen molar-refractivity contribution in [2.75, 3.05) is 6.61 Å². The number of Topliss-reactive ketones (excluding diaryl/α,β-unsaturated/α-hetero) is 1. The minimum atomic E-state index is -0.00210. The maximum atomic E-state index is 11.2. The van der Waals surface area contributed by atoms with E-state index in [0.29, 0.717) is 22.9 Å². The summed E-state index contributed by atoms with van der Waals surface area (Å²) in [5.74, 6) is 0.611. The molecule has 2 rings (SSSR count). The number of rotatable bonds is 5. The molecule has 0 atom stereocenters. The summed E-state index contributed by atoms with van der Waals surface area (Å²) in [4.78, 5) is 11.2. The highest BCUT2D eigenvalue weighted by atomic mass is 35.5. The zero-order valence-corrected chi connectivity index (χ0v) is 11.5. The van der Waals surface area contributed by atoms with Gasteiger partial charge in [0.25, 0.3) is 0 Å². The molecular formula is C16H15ClO2. The van der Waals surface area contributed by atoms with Gasteiger partial charge in [0.1, 0.15) is 5.75 Å². The van der Waals surface area contributed by atoms with Gasteiger partial charge >= 0.3 is 0 Å². The number of carbonyl (C=O) groups excluding carboxylic acids is 1. The van der Waals surface area contributed by atoms with Gasteiger partial charge in [-0.25, -0.2) is 0 Å².